The van der Waals surface area contributed by atoms with Gasteiger partial charge < -0.3 is 10.3 Å². The molecule has 27 heavy (non-hydrogen) atoms. The number of hydrogen-bond acceptors (Lipinski definition) is 3. The lowest BCUT2D eigenvalue weighted by Crippen LogP contribution is -2.44. The highest BCUT2D eigenvalue weighted by Gasteiger charge is 2.29. The van der Waals surface area contributed by atoms with E-state index in [1.54, 1.807) is 12.1 Å². The Labute approximate surface area is 158 Å². The van der Waals surface area contributed by atoms with Gasteiger partial charge in [-0.1, -0.05) is 18.2 Å². The summed E-state index contributed by atoms with van der Waals surface area (Å²) in [4.78, 5) is 14.9. The highest BCUT2D eigenvalue weighted by molar-refractivity contribution is 7.89. The van der Waals surface area contributed by atoms with Crippen LogP contribution in [0.1, 0.15) is 25.0 Å². The molecule has 0 atom stereocenters. The Bertz CT molecular complexity index is 1150. The summed E-state index contributed by atoms with van der Waals surface area (Å²) in [6, 6.07) is 12.7. The van der Waals surface area contributed by atoms with Gasteiger partial charge in [-0.3, -0.25) is 4.79 Å². The first-order valence-corrected chi connectivity index (χ1v) is 10.2. The van der Waals surface area contributed by atoms with Crippen LogP contribution < -0.4 is 10.0 Å². The first-order chi connectivity index (χ1) is 12.7. The number of anilines is 1. The van der Waals surface area contributed by atoms with E-state index in [2.05, 4.69) is 15.0 Å². The molecule has 0 bridgehead atoms. The van der Waals surface area contributed by atoms with Crippen molar-refractivity contribution in [1.29, 1.82) is 0 Å². The third kappa shape index (κ3) is 3.48. The summed E-state index contributed by atoms with van der Waals surface area (Å²) >= 11 is 0. The van der Waals surface area contributed by atoms with Crippen LogP contribution in [-0.4, -0.2) is 24.8 Å². The zero-order chi connectivity index (χ0) is 19.2. The van der Waals surface area contributed by atoms with E-state index < -0.39 is 15.6 Å². The lowest BCUT2D eigenvalue weighted by Gasteiger charge is -2.26. The molecule has 0 saturated carbocycles. The molecule has 3 N–H and O–H groups in total. The Morgan fingerprint density at radius 2 is 1.93 bits per heavy atom. The number of fused-ring (bicyclic) bond motifs is 2. The fourth-order valence-electron chi connectivity index (χ4n) is 3.59. The van der Waals surface area contributed by atoms with Crippen molar-refractivity contribution < 1.29 is 13.2 Å². The molecule has 2 heterocycles. The topological polar surface area (TPSA) is 91.1 Å². The van der Waals surface area contributed by atoms with Crippen LogP contribution in [0.4, 0.5) is 5.69 Å². The lowest BCUT2D eigenvalue weighted by atomic mass is 9.96. The van der Waals surface area contributed by atoms with Crippen molar-refractivity contribution in [1.82, 2.24) is 9.71 Å². The SMILES string of the molecule is CC(C)(Cc1c[nH]c2ccccc12)NS(=O)(=O)c1ccc2c(c1)CC(=O)N2. The summed E-state index contributed by atoms with van der Waals surface area (Å²) in [5, 5.41) is 3.80. The van der Waals surface area contributed by atoms with Gasteiger partial charge in [-0.25, -0.2) is 13.1 Å². The summed E-state index contributed by atoms with van der Waals surface area (Å²) in [6.45, 7) is 3.73. The highest BCUT2D eigenvalue weighted by Crippen LogP contribution is 2.27. The van der Waals surface area contributed by atoms with E-state index in [9.17, 15) is 13.2 Å². The molecule has 2 aromatic carbocycles. The molecule has 6 nitrogen and oxygen atoms in total. The Balaban J connectivity index is 1.58. The quantitative estimate of drug-likeness (QED) is 0.633. The second kappa shape index (κ2) is 6.21. The molecule has 0 aliphatic carbocycles. The monoisotopic (exact) mass is 383 g/mol. The van der Waals surface area contributed by atoms with Gasteiger partial charge in [0.05, 0.1) is 11.3 Å². The average Bonchev–Trinajstić information content (AvgIpc) is 3.15. The van der Waals surface area contributed by atoms with E-state index in [1.165, 1.54) is 6.07 Å². The second-order valence-electron chi connectivity index (χ2n) is 7.57. The minimum Gasteiger partial charge on any atom is -0.361 e. The first-order valence-electron chi connectivity index (χ1n) is 8.75. The number of aromatic nitrogens is 1. The van der Waals surface area contributed by atoms with Gasteiger partial charge in [0.25, 0.3) is 0 Å². The molecule has 0 fully saturated rings. The molecular weight excluding hydrogens is 362 g/mol. The largest absolute Gasteiger partial charge is 0.361 e. The number of benzene rings is 2. The summed E-state index contributed by atoms with van der Waals surface area (Å²) < 4.78 is 28.6. The maximum atomic E-state index is 12.9. The molecular formula is C20H21N3O3S. The lowest BCUT2D eigenvalue weighted by molar-refractivity contribution is -0.115. The van der Waals surface area contributed by atoms with Crippen molar-refractivity contribution in [2.45, 2.75) is 37.1 Å². The number of sulfonamides is 1. The summed E-state index contributed by atoms with van der Waals surface area (Å²) in [7, 11) is -3.71. The molecule has 0 radical (unpaired) electrons. The summed E-state index contributed by atoms with van der Waals surface area (Å²) in [6.07, 6.45) is 2.67. The van der Waals surface area contributed by atoms with Gasteiger partial charge in [-0.15, -0.1) is 0 Å². The third-order valence-electron chi connectivity index (χ3n) is 4.73. The number of nitrogens with one attached hydrogen (secondary N) is 3. The number of carbonyl (C=O) groups excluding carboxylic acids is 1. The van der Waals surface area contributed by atoms with Gasteiger partial charge in [0, 0.05) is 28.3 Å². The zero-order valence-corrected chi connectivity index (χ0v) is 16.0. The van der Waals surface area contributed by atoms with Crippen LogP contribution in [0.3, 0.4) is 0 Å². The molecule has 3 aromatic rings. The molecule has 7 heteroatoms. The predicted molar refractivity (Wildman–Crippen MR) is 105 cm³/mol. The molecule has 4 rings (SSSR count). The van der Waals surface area contributed by atoms with E-state index in [0.29, 0.717) is 17.7 Å². The van der Waals surface area contributed by atoms with Crippen LogP contribution in [0.5, 0.6) is 0 Å². The van der Waals surface area contributed by atoms with E-state index in [4.69, 9.17) is 0 Å². The Morgan fingerprint density at radius 3 is 2.74 bits per heavy atom. The summed E-state index contributed by atoms with van der Waals surface area (Å²) in [5.74, 6) is -0.118. The smallest absolute Gasteiger partial charge is 0.241 e. The van der Waals surface area contributed by atoms with Gasteiger partial charge in [0.15, 0.2) is 0 Å². The number of aromatic amines is 1. The standard InChI is InChI=1S/C20H21N3O3S/c1-20(2,11-14-12-21-18-6-4-3-5-16(14)18)23-27(25,26)15-7-8-17-13(9-15)10-19(24)22-17/h3-9,12,21,23H,10-11H2,1-2H3,(H,22,24). The maximum absolute atomic E-state index is 12.9. The molecule has 1 aliphatic heterocycles. The van der Waals surface area contributed by atoms with Crippen LogP contribution in [0.2, 0.25) is 0 Å². The van der Waals surface area contributed by atoms with Gasteiger partial charge >= 0.3 is 0 Å². The van der Waals surface area contributed by atoms with Gasteiger partial charge in [0.2, 0.25) is 15.9 Å². The van der Waals surface area contributed by atoms with Crippen molar-refractivity contribution in [3.8, 4) is 0 Å². The summed E-state index contributed by atoms with van der Waals surface area (Å²) in [5.41, 5.74) is 2.79. The van der Waals surface area contributed by atoms with Crippen LogP contribution >= 0.6 is 0 Å². The van der Waals surface area contributed by atoms with Gasteiger partial charge in [0.1, 0.15) is 0 Å². The molecule has 140 valence electrons. The number of carbonyl (C=O) groups is 1. The normalized spacial score (nSPS) is 14.4. The van der Waals surface area contributed by atoms with E-state index in [0.717, 1.165) is 16.5 Å². The predicted octanol–water partition coefficient (Wildman–Crippen LogP) is 2.96. The Morgan fingerprint density at radius 1 is 1.15 bits per heavy atom. The van der Waals surface area contributed by atoms with Crippen LogP contribution in [0, 0.1) is 0 Å². The average molecular weight is 383 g/mol. The minimum atomic E-state index is -3.71. The second-order valence-corrected chi connectivity index (χ2v) is 9.25. The molecule has 1 aromatic heterocycles. The van der Waals surface area contributed by atoms with Gasteiger partial charge in [-0.2, -0.15) is 0 Å². The van der Waals surface area contributed by atoms with Crippen molar-refractivity contribution in [3.63, 3.8) is 0 Å². The number of H-pyrrole nitrogens is 1. The zero-order valence-electron chi connectivity index (χ0n) is 15.2. The maximum Gasteiger partial charge on any atom is 0.241 e. The molecule has 0 unspecified atom stereocenters. The van der Waals surface area contributed by atoms with Crippen LogP contribution in [-0.2, 0) is 27.7 Å². The Kier molecular flexibility index (Phi) is 4.09. The Hall–Kier alpha value is -2.64. The van der Waals surface area contributed by atoms with E-state index in [-0.39, 0.29) is 17.2 Å². The fraction of sp³-hybridized carbons (Fsp3) is 0.250. The van der Waals surface area contributed by atoms with Crippen LogP contribution in [0.25, 0.3) is 10.9 Å². The molecule has 0 spiro atoms. The highest BCUT2D eigenvalue weighted by atomic mass is 32.2. The molecule has 1 amide bonds. The van der Waals surface area contributed by atoms with Gasteiger partial charge in [-0.05, 0) is 55.7 Å². The van der Waals surface area contributed by atoms with E-state index in [1.807, 2.05) is 44.3 Å². The first kappa shape index (κ1) is 17.8. The molecule has 1 aliphatic rings. The number of hydrogen-bond donors (Lipinski definition) is 3. The van der Waals surface area contributed by atoms with Crippen molar-refractivity contribution >= 4 is 32.5 Å². The van der Waals surface area contributed by atoms with Crippen molar-refractivity contribution in [2.75, 3.05) is 5.32 Å². The molecule has 0 saturated heterocycles. The minimum absolute atomic E-state index is 0.118. The number of rotatable bonds is 5. The number of para-hydroxylation sites is 1. The van der Waals surface area contributed by atoms with Crippen molar-refractivity contribution in [3.05, 3.63) is 59.8 Å². The van der Waals surface area contributed by atoms with E-state index >= 15 is 0 Å². The third-order valence-corrected chi connectivity index (χ3v) is 6.43. The fourth-order valence-corrected chi connectivity index (χ4v) is 5.05. The number of amides is 1. The van der Waals surface area contributed by atoms with Crippen LogP contribution in [0.15, 0.2) is 53.6 Å². The van der Waals surface area contributed by atoms with Crippen molar-refractivity contribution in [2.24, 2.45) is 0 Å².